The third kappa shape index (κ3) is 2.19. The monoisotopic (exact) mass is 246 g/mol. The Bertz CT molecular complexity index is 421. The van der Waals surface area contributed by atoms with Crippen LogP contribution in [0.25, 0.3) is 0 Å². The number of methoxy groups -OCH3 is 1. The van der Waals surface area contributed by atoms with Gasteiger partial charge in [0.25, 0.3) is 0 Å². The summed E-state index contributed by atoms with van der Waals surface area (Å²) in [5.41, 5.74) is 7.92. The van der Waals surface area contributed by atoms with E-state index in [9.17, 15) is 0 Å². The molecule has 0 aromatic heterocycles. The average molecular weight is 246 g/mol. The van der Waals surface area contributed by atoms with Crippen LogP contribution in [0.3, 0.4) is 0 Å². The third-order valence-corrected chi connectivity index (χ3v) is 4.50. The highest BCUT2D eigenvalue weighted by Crippen LogP contribution is 2.38. The van der Waals surface area contributed by atoms with Crippen LogP contribution in [0.1, 0.15) is 24.8 Å². The number of benzene rings is 1. The highest BCUT2D eigenvalue weighted by atomic mass is 16.5. The van der Waals surface area contributed by atoms with Crippen LogP contribution in [0.4, 0.5) is 5.69 Å². The van der Waals surface area contributed by atoms with E-state index in [4.69, 9.17) is 10.5 Å². The van der Waals surface area contributed by atoms with E-state index < -0.39 is 0 Å². The SMILES string of the molecule is COc1ccc(N)cc1CN1CC2CCCC2C1. The van der Waals surface area contributed by atoms with Crippen LogP contribution >= 0.6 is 0 Å². The van der Waals surface area contributed by atoms with Crippen LogP contribution < -0.4 is 10.5 Å². The number of nitrogens with zero attached hydrogens (tertiary/aromatic N) is 1. The number of nitrogens with two attached hydrogens (primary N) is 1. The number of fused-ring (bicyclic) bond motifs is 1. The Morgan fingerprint density at radius 3 is 2.67 bits per heavy atom. The van der Waals surface area contributed by atoms with Crippen molar-refractivity contribution in [3.05, 3.63) is 23.8 Å². The lowest BCUT2D eigenvalue weighted by Crippen LogP contribution is -2.21. The number of rotatable bonds is 3. The molecule has 0 radical (unpaired) electrons. The Balaban J connectivity index is 1.71. The number of anilines is 1. The predicted octanol–water partition coefficient (Wildman–Crippen LogP) is 2.51. The molecule has 2 unspecified atom stereocenters. The summed E-state index contributed by atoms with van der Waals surface area (Å²) in [6.45, 7) is 3.48. The molecule has 0 spiro atoms. The normalized spacial score (nSPS) is 27.4. The van der Waals surface area contributed by atoms with E-state index in [1.54, 1.807) is 7.11 Å². The second kappa shape index (κ2) is 4.81. The van der Waals surface area contributed by atoms with E-state index in [0.29, 0.717) is 0 Å². The Labute approximate surface area is 109 Å². The van der Waals surface area contributed by atoms with Gasteiger partial charge in [-0.15, -0.1) is 0 Å². The first-order valence-electron chi connectivity index (χ1n) is 6.91. The minimum Gasteiger partial charge on any atom is -0.496 e. The van der Waals surface area contributed by atoms with E-state index in [-0.39, 0.29) is 0 Å². The van der Waals surface area contributed by atoms with Gasteiger partial charge in [0, 0.05) is 30.9 Å². The number of ether oxygens (including phenoxy) is 1. The average Bonchev–Trinajstić information content (AvgIpc) is 2.90. The van der Waals surface area contributed by atoms with E-state index >= 15 is 0 Å². The van der Waals surface area contributed by atoms with Crippen LogP contribution in [0.2, 0.25) is 0 Å². The standard InChI is InChI=1S/C15H22N2O/c1-18-15-6-5-14(16)7-13(15)10-17-8-11-3-2-4-12(11)9-17/h5-7,11-12H,2-4,8-10,16H2,1H3. The van der Waals surface area contributed by atoms with Crippen LogP contribution in [0.15, 0.2) is 18.2 Å². The summed E-state index contributed by atoms with van der Waals surface area (Å²) >= 11 is 0. The lowest BCUT2D eigenvalue weighted by Gasteiger charge is -2.18. The number of hydrogen-bond donors (Lipinski definition) is 1. The quantitative estimate of drug-likeness (QED) is 0.833. The summed E-state index contributed by atoms with van der Waals surface area (Å²) in [7, 11) is 1.73. The summed E-state index contributed by atoms with van der Waals surface area (Å²) in [5, 5.41) is 0. The zero-order valence-corrected chi connectivity index (χ0v) is 11.1. The Hall–Kier alpha value is -1.22. The van der Waals surface area contributed by atoms with Crippen molar-refractivity contribution in [2.75, 3.05) is 25.9 Å². The molecule has 1 saturated carbocycles. The van der Waals surface area contributed by atoms with Crippen molar-refractivity contribution >= 4 is 5.69 Å². The van der Waals surface area contributed by atoms with Gasteiger partial charge in [-0.05, 0) is 42.9 Å². The summed E-state index contributed by atoms with van der Waals surface area (Å²) in [4.78, 5) is 2.56. The molecule has 2 fully saturated rings. The van der Waals surface area contributed by atoms with Gasteiger partial charge in [-0.25, -0.2) is 0 Å². The van der Waals surface area contributed by atoms with E-state index in [0.717, 1.165) is 29.8 Å². The van der Waals surface area contributed by atoms with Crippen LogP contribution in [-0.2, 0) is 6.54 Å². The molecule has 1 aliphatic carbocycles. The summed E-state index contributed by atoms with van der Waals surface area (Å²) in [5.74, 6) is 2.84. The first-order chi connectivity index (χ1) is 8.76. The number of nitrogen functional groups attached to an aromatic ring is 1. The molecular formula is C15H22N2O. The van der Waals surface area contributed by atoms with Crippen molar-refractivity contribution in [2.45, 2.75) is 25.8 Å². The molecule has 2 atom stereocenters. The lowest BCUT2D eigenvalue weighted by molar-refractivity contribution is 0.296. The molecule has 1 aromatic rings. The fraction of sp³-hybridized carbons (Fsp3) is 0.600. The molecule has 1 saturated heterocycles. The molecule has 3 nitrogen and oxygen atoms in total. The number of hydrogen-bond acceptors (Lipinski definition) is 3. The zero-order chi connectivity index (χ0) is 12.5. The molecule has 3 heteroatoms. The second-order valence-electron chi connectivity index (χ2n) is 5.72. The second-order valence-corrected chi connectivity index (χ2v) is 5.72. The van der Waals surface area contributed by atoms with Gasteiger partial charge in [0.2, 0.25) is 0 Å². The van der Waals surface area contributed by atoms with Crippen LogP contribution in [0, 0.1) is 11.8 Å². The number of likely N-dealkylation sites (tertiary alicyclic amines) is 1. The Kier molecular flexibility index (Phi) is 3.16. The van der Waals surface area contributed by atoms with E-state index in [1.807, 2.05) is 18.2 Å². The molecule has 2 N–H and O–H groups in total. The van der Waals surface area contributed by atoms with Gasteiger partial charge < -0.3 is 10.5 Å². The zero-order valence-electron chi connectivity index (χ0n) is 11.1. The molecule has 3 rings (SSSR count). The van der Waals surface area contributed by atoms with Crippen molar-refractivity contribution < 1.29 is 4.74 Å². The fourth-order valence-corrected chi connectivity index (χ4v) is 3.62. The summed E-state index contributed by atoms with van der Waals surface area (Å²) < 4.78 is 5.42. The molecule has 0 bridgehead atoms. The van der Waals surface area contributed by atoms with Gasteiger partial charge in [-0.2, -0.15) is 0 Å². The first-order valence-corrected chi connectivity index (χ1v) is 6.91. The maximum Gasteiger partial charge on any atom is 0.123 e. The van der Waals surface area contributed by atoms with Crippen LogP contribution in [-0.4, -0.2) is 25.1 Å². The molecule has 1 heterocycles. The highest BCUT2D eigenvalue weighted by Gasteiger charge is 2.35. The van der Waals surface area contributed by atoms with Crippen molar-refractivity contribution in [1.29, 1.82) is 0 Å². The molecule has 1 aliphatic heterocycles. The van der Waals surface area contributed by atoms with Gasteiger partial charge in [0.15, 0.2) is 0 Å². The summed E-state index contributed by atoms with van der Waals surface area (Å²) in [6.07, 6.45) is 4.29. The third-order valence-electron chi connectivity index (χ3n) is 4.50. The Morgan fingerprint density at radius 2 is 2.00 bits per heavy atom. The van der Waals surface area contributed by atoms with Gasteiger partial charge in [-0.3, -0.25) is 4.90 Å². The minimum absolute atomic E-state index is 0.824. The summed E-state index contributed by atoms with van der Waals surface area (Å²) in [6, 6.07) is 5.93. The van der Waals surface area contributed by atoms with Crippen molar-refractivity contribution in [2.24, 2.45) is 11.8 Å². The van der Waals surface area contributed by atoms with Crippen molar-refractivity contribution in [3.8, 4) is 5.75 Å². The predicted molar refractivity (Wildman–Crippen MR) is 73.5 cm³/mol. The molecular weight excluding hydrogens is 224 g/mol. The molecule has 98 valence electrons. The van der Waals surface area contributed by atoms with E-state index in [1.165, 1.54) is 37.9 Å². The first kappa shape index (κ1) is 11.8. The molecule has 0 amide bonds. The Morgan fingerprint density at radius 1 is 1.28 bits per heavy atom. The van der Waals surface area contributed by atoms with E-state index in [2.05, 4.69) is 4.90 Å². The minimum atomic E-state index is 0.824. The highest BCUT2D eigenvalue weighted by molar-refractivity contribution is 5.47. The fourth-order valence-electron chi connectivity index (χ4n) is 3.62. The topological polar surface area (TPSA) is 38.5 Å². The van der Waals surface area contributed by atoms with Crippen molar-refractivity contribution in [1.82, 2.24) is 4.90 Å². The largest absolute Gasteiger partial charge is 0.496 e. The molecule has 18 heavy (non-hydrogen) atoms. The maximum atomic E-state index is 5.87. The smallest absolute Gasteiger partial charge is 0.123 e. The van der Waals surface area contributed by atoms with Gasteiger partial charge >= 0.3 is 0 Å². The van der Waals surface area contributed by atoms with Gasteiger partial charge in [0.1, 0.15) is 5.75 Å². The molecule has 2 aliphatic rings. The van der Waals surface area contributed by atoms with Gasteiger partial charge in [-0.1, -0.05) is 6.42 Å². The van der Waals surface area contributed by atoms with Crippen LogP contribution in [0.5, 0.6) is 5.75 Å². The maximum absolute atomic E-state index is 5.87. The molecule has 1 aromatic carbocycles. The van der Waals surface area contributed by atoms with Gasteiger partial charge in [0.05, 0.1) is 7.11 Å². The van der Waals surface area contributed by atoms with Crippen molar-refractivity contribution in [3.63, 3.8) is 0 Å². The lowest BCUT2D eigenvalue weighted by atomic mass is 10.0.